The van der Waals surface area contributed by atoms with Gasteiger partial charge in [-0.15, -0.1) is 19.7 Å². The van der Waals surface area contributed by atoms with Crippen LogP contribution in [-0.2, 0) is 116 Å². The van der Waals surface area contributed by atoms with E-state index in [1.165, 1.54) is 30.2 Å². The molecule has 365 valence electrons. The van der Waals surface area contributed by atoms with E-state index >= 15 is 0 Å². The van der Waals surface area contributed by atoms with Gasteiger partial charge in [0.1, 0.15) is 5.78 Å². The summed E-state index contributed by atoms with van der Waals surface area (Å²) in [7, 11) is 34.5. The molecule has 0 spiro atoms. The first-order valence-corrected chi connectivity index (χ1v) is 49.8. The van der Waals surface area contributed by atoms with Crippen molar-refractivity contribution in [2.45, 2.75) is 141 Å². The van der Waals surface area contributed by atoms with Gasteiger partial charge in [0.15, 0.2) is 11.6 Å². The summed E-state index contributed by atoms with van der Waals surface area (Å²) in [5, 5.41) is 0. The molecule has 1 fully saturated rings. The van der Waals surface area contributed by atoms with E-state index in [2.05, 4.69) is 121 Å². The molecule has 0 N–H and O–H groups in total. The summed E-state index contributed by atoms with van der Waals surface area (Å²) >= 11 is 6.86. The van der Waals surface area contributed by atoms with E-state index in [0.29, 0.717) is 40.9 Å². The van der Waals surface area contributed by atoms with Gasteiger partial charge in [-0.05, 0) is 73.2 Å². The predicted molar refractivity (Wildman–Crippen MR) is 303 cm³/mol. The maximum atomic E-state index is 11.6. The first-order chi connectivity index (χ1) is 28.1. The molecule has 61 heavy (non-hydrogen) atoms. The van der Waals surface area contributed by atoms with Gasteiger partial charge in [-0.3, -0.25) is 18.8 Å². The molecule has 3 aliphatic carbocycles. The number of alkyl halides is 1. The van der Waals surface area contributed by atoms with Crippen LogP contribution in [0, 0.1) is 11.8 Å². The summed E-state index contributed by atoms with van der Waals surface area (Å²) in [6.07, 6.45) is 21.8. The van der Waals surface area contributed by atoms with E-state index in [9.17, 15) is 18.8 Å². The van der Waals surface area contributed by atoms with Crippen molar-refractivity contribution in [3.8, 4) is 0 Å². The number of halogens is 7. The third kappa shape index (κ3) is 61.0. The summed E-state index contributed by atoms with van der Waals surface area (Å²) in [5.41, 5.74) is 1.38. The molecule has 0 heterocycles. The Morgan fingerprint density at radius 2 is 1.13 bits per heavy atom. The van der Waals surface area contributed by atoms with Crippen LogP contribution in [0.4, 0.5) is 4.39 Å². The summed E-state index contributed by atoms with van der Waals surface area (Å²) in [5.74, 6) is 2.18. The quantitative estimate of drug-likeness (QED) is 0.179. The predicted octanol–water partition coefficient (Wildman–Crippen LogP) is 16.2. The van der Waals surface area contributed by atoms with Crippen molar-refractivity contribution < 1.29 is 45.6 Å². The molecule has 3 rings (SSSR count). The van der Waals surface area contributed by atoms with Gasteiger partial charge in [0.25, 0.3) is 0 Å². The molecular formula is C38H71Cl6CuFO3S8Si3Ti. The van der Waals surface area contributed by atoms with E-state index < -0.39 is 43.7 Å². The molecule has 0 bridgehead atoms. The summed E-state index contributed by atoms with van der Waals surface area (Å²) < 4.78 is 15.5. The van der Waals surface area contributed by atoms with Crippen LogP contribution in [0.2, 0.25) is 76.0 Å². The number of rotatable bonds is 8. The fraction of sp³-hybridized carbons (Fsp3) is 0.658. The molecule has 23 heteroatoms. The van der Waals surface area contributed by atoms with Crippen LogP contribution in [0.5, 0.6) is 0 Å². The zero-order valence-electron chi connectivity index (χ0n) is 37.2. The van der Waals surface area contributed by atoms with Crippen molar-refractivity contribution in [3.63, 3.8) is 0 Å². The van der Waals surface area contributed by atoms with Gasteiger partial charge in [0, 0.05) is 126 Å². The molecule has 3 aliphatic rings. The zero-order valence-corrected chi connectivity index (χ0v) is 52.8. The van der Waals surface area contributed by atoms with Gasteiger partial charge in [0.2, 0.25) is 0 Å². The monoisotopic (exact) mass is 1260 g/mol. The zero-order chi connectivity index (χ0) is 48.7. The van der Waals surface area contributed by atoms with Crippen LogP contribution in [0.3, 0.4) is 0 Å². The van der Waals surface area contributed by atoms with Crippen molar-refractivity contribution in [1.29, 1.82) is 0 Å². The molecular weight excluding hydrogens is 1190 g/mol. The van der Waals surface area contributed by atoms with Gasteiger partial charge in [0.05, 0.1) is 8.52 Å². The van der Waals surface area contributed by atoms with Gasteiger partial charge in [-0.1, -0.05) is 96.7 Å². The Morgan fingerprint density at radius 3 is 1.43 bits per heavy atom. The van der Waals surface area contributed by atoms with Crippen molar-refractivity contribution in [2.75, 3.05) is 7.15 Å². The molecule has 0 aromatic carbocycles. The van der Waals surface area contributed by atoms with Crippen molar-refractivity contribution in [2.24, 2.45) is 11.8 Å². The molecule has 3 nitrogen and oxygen atoms in total. The number of hydrogen-bond donors (Lipinski definition) is 0. The minimum absolute atomic E-state index is 0. The van der Waals surface area contributed by atoms with Gasteiger partial charge < -0.3 is 0 Å². The molecule has 1 unspecified atom stereocenters. The van der Waals surface area contributed by atoms with E-state index in [1.54, 1.807) is 47.7 Å². The van der Waals surface area contributed by atoms with Crippen molar-refractivity contribution >= 4 is 175 Å². The standard InChI is InChI=1S/C12H22OSi.C9H16OSi.C9H12O.C6H14Si.CH3F.CH4.6ClH.Cu.S8.Ti/c1-5-6-10-7-11(13)9-12(8-10)14(2,3)4;1-11(2,3)9-6-4-5-8(10)7-9;1-2-4-8-5-3-6-9(10)7-8;1-5-6-7(2,3)4;1-2;;;;;;;;;1-3-5-7-8-6-4-2;/h5,10,12H,1,6-9H2,2-4H3;4-5,9H,6-7H2,1-3H3;2-3,6,8H,1,4-5,7H2;5H,1,6H2,2-4H3;1H3;1H4;6*1H;;;/q;;;;;;;;;;;;+2;;+4/p-6/t10-,12+;9-;;;;;;;;;;;;;/m01............./s1/i;;;;1D;;;;;;;;;;. The molecule has 4 atom stereocenters. The maximum absolute atomic E-state index is 11.6. The summed E-state index contributed by atoms with van der Waals surface area (Å²) in [4.78, 5) is 33.5. The number of Topliss-reactive ketones (excluding diaryl/α,β-unsaturated/α-hetero) is 1. The van der Waals surface area contributed by atoms with E-state index in [0.717, 1.165) is 58.1 Å². The van der Waals surface area contributed by atoms with Gasteiger partial charge in [-0.2, -0.15) is 0 Å². The minimum atomic E-state index is -3.11. The molecule has 0 saturated heterocycles. The Morgan fingerprint density at radius 1 is 0.738 bits per heavy atom. The van der Waals surface area contributed by atoms with E-state index in [-0.39, 0.29) is 13.2 Å². The molecule has 0 aromatic heterocycles. The molecule has 0 aliphatic heterocycles. The first-order valence-electron chi connectivity index (χ1n) is 19.2. The number of carbonyl (C=O) groups is 3. The van der Waals surface area contributed by atoms with E-state index in [1.807, 2.05) is 30.4 Å². The topological polar surface area (TPSA) is 51.2 Å². The fourth-order valence-corrected chi connectivity index (χ4v) is 20.8. The second-order valence-corrected chi connectivity index (χ2v) is 60.9. The van der Waals surface area contributed by atoms with Crippen LogP contribution in [0.15, 0.2) is 62.3 Å². The van der Waals surface area contributed by atoms with Crippen LogP contribution in [0.25, 0.3) is 0 Å². The first kappa shape index (κ1) is 73.0. The summed E-state index contributed by atoms with van der Waals surface area (Å²) in [6, 6.07) is 1.24. The van der Waals surface area contributed by atoms with Crippen LogP contribution in [0.1, 0.15) is 66.6 Å². The Hall–Kier alpha value is 3.02. The molecule has 0 amide bonds. The Balaban J connectivity index is -0.000000151. The molecule has 0 radical (unpaired) electrons. The average molecular weight is 1260 g/mol. The Kier molecular flexibility index (Phi) is 55.9. The number of carbonyl (C=O) groups excluding carboxylic acids is 3. The molecule has 0 aromatic rings. The third-order valence-corrected chi connectivity index (χ3v) is 26.8. The van der Waals surface area contributed by atoms with Crippen molar-refractivity contribution in [1.82, 2.24) is 0 Å². The van der Waals surface area contributed by atoms with Crippen LogP contribution >= 0.6 is 57.4 Å². The normalized spacial score (nSPS) is 19.1. The number of ketones is 3. The van der Waals surface area contributed by atoms with Crippen LogP contribution < -0.4 is 0 Å². The third-order valence-electron chi connectivity index (χ3n) is 8.39. The SMILES string of the molecule is C.C=CCC1CC=CC(=O)C1.C=CC[C@H]1CC(=O)C[C@H]([Si](C)(C)C)C1.C=CC[Si](C)(C)C.C[Si](C)(C)[C@@H]1CC=CC(=O)C1.S=S=S=S=S=S=S=S.[2H]CF.[Cl][Cu][Cl].[Cl][Ti]([Cl])([Cl])[Cl]. The Bertz CT molecular complexity index is 1560. The number of hydrogen-bond acceptors (Lipinski definition) is 5. The van der Waals surface area contributed by atoms with Gasteiger partial charge >= 0.3 is 82.9 Å². The van der Waals surface area contributed by atoms with Gasteiger partial charge in [-0.25, -0.2) is 0 Å². The Labute approximate surface area is 436 Å². The van der Waals surface area contributed by atoms with Crippen LogP contribution in [-0.4, -0.2) is 48.7 Å². The van der Waals surface area contributed by atoms with E-state index in [4.69, 9.17) is 38.6 Å². The number of allylic oxidation sites excluding steroid dienone is 7. The van der Waals surface area contributed by atoms with Crippen molar-refractivity contribution in [3.05, 3.63) is 62.3 Å². The second-order valence-electron chi connectivity index (χ2n) is 16.6. The summed E-state index contributed by atoms with van der Waals surface area (Å²) in [6.45, 7) is 32.3. The molecule has 1 saturated carbocycles. The fourth-order valence-electron chi connectivity index (χ4n) is 5.46. The average Bonchev–Trinajstić information content (AvgIpc) is 3.10. The second kappa shape index (κ2) is 46.7.